The highest BCUT2D eigenvalue weighted by Crippen LogP contribution is 2.25. The number of sulfonamides is 1. The van der Waals surface area contributed by atoms with Crippen molar-refractivity contribution in [2.45, 2.75) is 32.9 Å². The first-order valence-corrected chi connectivity index (χ1v) is 14.8. The molecular weight excluding hydrogens is 541 g/mol. The fourth-order valence-corrected chi connectivity index (χ4v) is 5.03. The summed E-state index contributed by atoms with van der Waals surface area (Å²) in [7, 11) is -3.97. The van der Waals surface area contributed by atoms with Crippen molar-refractivity contribution in [1.82, 2.24) is 10.2 Å². The maximum absolute atomic E-state index is 13.9. The molecule has 0 spiro atoms. The van der Waals surface area contributed by atoms with E-state index in [9.17, 15) is 22.4 Å². The van der Waals surface area contributed by atoms with Crippen LogP contribution >= 0.6 is 11.6 Å². The van der Waals surface area contributed by atoms with Crippen molar-refractivity contribution in [3.63, 3.8) is 0 Å². The minimum atomic E-state index is -3.97. The third kappa shape index (κ3) is 8.80. The predicted octanol–water partition coefficient (Wildman–Crippen LogP) is 4.66. The molecule has 0 fully saturated rings. The van der Waals surface area contributed by atoms with Crippen LogP contribution in [0.5, 0.6) is 0 Å². The van der Waals surface area contributed by atoms with Crippen LogP contribution in [0.2, 0.25) is 5.02 Å². The Morgan fingerprint density at radius 2 is 1.54 bits per heavy atom. The number of hydrogen-bond donors (Lipinski definition) is 1. The molecular formula is C29H33ClFN3O4S. The average Bonchev–Trinajstić information content (AvgIpc) is 2.90. The number of nitrogens with zero attached hydrogens (tertiary/aromatic N) is 2. The summed E-state index contributed by atoms with van der Waals surface area (Å²) in [6.07, 6.45) is 1.18. The van der Waals surface area contributed by atoms with E-state index in [2.05, 4.69) is 5.32 Å². The molecule has 2 amide bonds. The van der Waals surface area contributed by atoms with Gasteiger partial charge in [-0.1, -0.05) is 86.1 Å². The molecule has 0 heterocycles. The van der Waals surface area contributed by atoms with Gasteiger partial charge in [0, 0.05) is 19.5 Å². The predicted molar refractivity (Wildman–Crippen MR) is 152 cm³/mol. The fourth-order valence-electron chi connectivity index (χ4n) is 4.01. The Balaban J connectivity index is 2.03. The van der Waals surface area contributed by atoms with Crippen LogP contribution in [0.3, 0.4) is 0 Å². The highest BCUT2D eigenvalue weighted by Gasteiger charge is 2.33. The van der Waals surface area contributed by atoms with E-state index in [-0.39, 0.29) is 35.5 Å². The zero-order valence-corrected chi connectivity index (χ0v) is 23.8. The molecule has 0 saturated carbocycles. The van der Waals surface area contributed by atoms with E-state index in [1.54, 1.807) is 0 Å². The van der Waals surface area contributed by atoms with Gasteiger partial charge >= 0.3 is 0 Å². The van der Waals surface area contributed by atoms with Gasteiger partial charge in [-0.2, -0.15) is 0 Å². The lowest BCUT2D eigenvalue weighted by atomic mass is 10.0. The Hall–Kier alpha value is -3.43. The smallest absolute Gasteiger partial charge is 0.244 e. The van der Waals surface area contributed by atoms with Gasteiger partial charge in [0.15, 0.2) is 0 Å². The Labute approximate surface area is 234 Å². The molecule has 0 aromatic heterocycles. The van der Waals surface area contributed by atoms with Crippen molar-refractivity contribution in [2.24, 2.45) is 5.92 Å². The van der Waals surface area contributed by atoms with E-state index in [1.165, 1.54) is 11.0 Å². The minimum Gasteiger partial charge on any atom is -0.354 e. The van der Waals surface area contributed by atoms with Crippen LogP contribution in [-0.2, 0) is 32.6 Å². The summed E-state index contributed by atoms with van der Waals surface area (Å²) in [5.41, 5.74) is 1.66. The monoisotopic (exact) mass is 573 g/mol. The maximum Gasteiger partial charge on any atom is 0.244 e. The summed E-state index contributed by atoms with van der Waals surface area (Å²) in [6, 6.07) is 21.0. The highest BCUT2D eigenvalue weighted by atomic mass is 35.5. The summed E-state index contributed by atoms with van der Waals surface area (Å²) in [6.45, 7) is 3.83. The molecule has 3 aromatic rings. The number of amides is 2. The number of nitrogens with one attached hydrogen (secondary N) is 1. The van der Waals surface area contributed by atoms with E-state index in [0.29, 0.717) is 6.54 Å². The number of benzene rings is 3. The standard InChI is InChI=1S/C29H33ClFN3O4S/c1-21(2)18-32-29(36)27(16-22-10-6-4-7-11-22)33(19-23-12-8-5-9-13-23)28(35)20-34(39(3,37)38)24-14-15-26(31)25(30)17-24/h4-15,17,21,27H,16,18-20H2,1-3H3,(H,32,36). The van der Waals surface area contributed by atoms with Gasteiger partial charge in [0.05, 0.1) is 17.0 Å². The van der Waals surface area contributed by atoms with E-state index >= 15 is 0 Å². The van der Waals surface area contributed by atoms with Gasteiger partial charge in [-0.05, 0) is 35.2 Å². The van der Waals surface area contributed by atoms with Crippen LogP contribution < -0.4 is 9.62 Å². The molecule has 7 nitrogen and oxygen atoms in total. The summed E-state index contributed by atoms with van der Waals surface area (Å²) in [4.78, 5) is 28.9. The molecule has 10 heteroatoms. The van der Waals surface area contributed by atoms with Crippen molar-refractivity contribution in [3.8, 4) is 0 Å². The van der Waals surface area contributed by atoms with E-state index in [4.69, 9.17) is 11.6 Å². The average molecular weight is 574 g/mol. The topological polar surface area (TPSA) is 86.8 Å². The summed E-state index contributed by atoms with van der Waals surface area (Å²) in [5.74, 6) is -1.46. The molecule has 208 valence electrons. The number of carbonyl (C=O) groups excluding carboxylic acids is 2. The molecule has 1 atom stereocenters. The van der Waals surface area contributed by atoms with Gasteiger partial charge in [-0.3, -0.25) is 13.9 Å². The Morgan fingerprint density at radius 1 is 0.949 bits per heavy atom. The van der Waals surface area contributed by atoms with Crippen LogP contribution in [0.15, 0.2) is 78.9 Å². The van der Waals surface area contributed by atoms with Crippen LogP contribution in [0.25, 0.3) is 0 Å². The van der Waals surface area contributed by atoms with E-state index in [0.717, 1.165) is 33.8 Å². The highest BCUT2D eigenvalue weighted by molar-refractivity contribution is 7.92. The number of anilines is 1. The van der Waals surface area contributed by atoms with E-state index in [1.807, 2.05) is 74.5 Å². The zero-order chi connectivity index (χ0) is 28.6. The molecule has 0 bridgehead atoms. The minimum absolute atomic E-state index is 0.0424. The number of rotatable bonds is 12. The number of carbonyl (C=O) groups is 2. The molecule has 0 aliphatic rings. The fraction of sp³-hybridized carbons (Fsp3) is 0.310. The number of hydrogen-bond acceptors (Lipinski definition) is 4. The zero-order valence-electron chi connectivity index (χ0n) is 22.2. The van der Waals surface area contributed by atoms with Crippen molar-refractivity contribution in [3.05, 3.63) is 101 Å². The molecule has 0 aliphatic carbocycles. The van der Waals surface area contributed by atoms with Gasteiger partial charge in [-0.15, -0.1) is 0 Å². The third-order valence-corrected chi connectivity index (χ3v) is 7.45. The van der Waals surface area contributed by atoms with Gasteiger partial charge < -0.3 is 10.2 Å². The summed E-state index contributed by atoms with van der Waals surface area (Å²) >= 11 is 5.91. The van der Waals surface area contributed by atoms with Crippen LogP contribution in [0, 0.1) is 11.7 Å². The lowest BCUT2D eigenvalue weighted by Crippen LogP contribution is -2.53. The molecule has 3 aromatic carbocycles. The van der Waals surface area contributed by atoms with Crippen molar-refractivity contribution >= 4 is 39.1 Å². The van der Waals surface area contributed by atoms with Crippen molar-refractivity contribution in [1.29, 1.82) is 0 Å². The van der Waals surface area contributed by atoms with Gasteiger partial charge in [0.25, 0.3) is 0 Å². The quantitative estimate of drug-likeness (QED) is 0.341. The normalized spacial score (nSPS) is 12.2. The SMILES string of the molecule is CC(C)CNC(=O)C(Cc1ccccc1)N(Cc1ccccc1)C(=O)CN(c1ccc(F)c(Cl)c1)S(C)(=O)=O. The molecule has 39 heavy (non-hydrogen) atoms. The van der Waals surface area contributed by atoms with Gasteiger partial charge in [-0.25, -0.2) is 12.8 Å². The Morgan fingerprint density at radius 3 is 2.08 bits per heavy atom. The van der Waals surface area contributed by atoms with Crippen molar-refractivity contribution < 1.29 is 22.4 Å². The molecule has 1 N–H and O–H groups in total. The van der Waals surface area contributed by atoms with Gasteiger partial charge in [0.1, 0.15) is 18.4 Å². The molecule has 0 radical (unpaired) electrons. The summed E-state index contributed by atoms with van der Waals surface area (Å²) in [5, 5.41) is 2.66. The maximum atomic E-state index is 13.9. The lowest BCUT2D eigenvalue weighted by Gasteiger charge is -2.33. The van der Waals surface area contributed by atoms with Gasteiger partial charge in [0.2, 0.25) is 21.8 Å². The van der Waals surface area contributed by atoms with Crippen LogP contribution in [0.1, 0.15) is 25.0 Å². The third-order valence-electron chi connectivity index (χ3n) is 6.02. The summed E-state index contributed by atoms with van der Waals surface area (Å²) < 4.78 is 40.2. The molecule has 1 unspecified atom stereocenters. The van der Waals surface area contributed by atoms with Crippen molar-refractivity contribution in [2.75, 3.05) is 23.7 Å². The molecule has 3 rings (SSSR count). The van der Waals surface area contributed by atoms with Crippen LogP contribution in [-0.4, -0.2) is 50.5 Å². The molecule has 0 saturated heterocycles. The first-order chi connectivity index (χ1) is 18.5. The lowest BCUT2D eigenvalue weighted by molar-refractivity contribution is -0.140. The second-order valence-electron chi connectivity index (χ2n) is 9.72. The van der Waals surface area contributed by atoms with Crippen LogP contribution in [0.4, 0.5) is 10.1 Å². The Kier molecular flexibility index (Phi) is 10.5. The second kappa shape index (κ2) is 13.6. The van der Waals surface area contributed by atoms with E-state index < -0.39 is 34.3 Å². The second-order valence-corrected chi connectivity index (χ2v) is 12.0. The molecule has 0 aliphatic heterocycles. The first-order valence-electron chi connectivity index (χ1n) is 12.5. The number of halogens is 2. The largest absolute Gasteiger partial charge is 0.354 e. The first kappa shape index (κ1) is 30.1. The Bertz CT molecular complexity index is 1370.